The third-order valence-corrected chi connectivity index (χ3v) is 3.50. The number of halogens is 2. The lowest BCUT2D eigenvalue weighted by Crippen LogP contribution is -2.51. The average molecular weight is 389 g/mol. The van der Waals surface area contributed by atoms with Crippen LogP contribution in [0.2, 0.25) is 0 Å². The van der Waals surface area contributed by atoms with Gasteiger partial charge in [-0.1, -0.05) is 0 Å². The molecule has 0 aliphatic heterocycles. The zero-order valence-corrected chi connectivity index (χ0v) is 16.4. The van der Waals surface area contributed by atoms with Crippen LogP contribution in [0.4, 0.5) is 13.6 Å². The third-order valence-electron chi connectivity index (χ3n) is 3.50. The van der Waals surface area contributed by atoms with Crippen molar-refractivity contribution in [2.75, 3.05) is 6.61 Å². The molecule has 0 saturated heterocycles. The first-order valence-corrected chi connectivity index (χ1v) is 8.74. The van der Waals surface area contributed by atoms with Gasteiger partial charge in [0.25, 0.3) is 0 Å². The van der Waals surface area contributed by atoms with Gasteiger partial charge in [-0.3, -0.25) is 5.32 Å². The summed E-state index contributed by atoms with van der Waals surface area (Å²) < 4.78 is 37.5. The molecule has 0 spiro atoms. The highest BCUT2D eigenvalue weighted by molar-refractivity contribution is 5.68. The van der Waals surface area contributed by atoms with E-state index in [1.54, 1.807) is 34.6 Å². The van der Waals surface area contributed by atoms with Crippen molar-refractivity contribution >= 4 is 6.09 Å². The highest BCUT2D eigenvalue weighted by Crippen LogP contribution is 2.19. The first kappa shape index (κ1) is 23.3. The summed E-state index contributed by atoms with van der Waals surface area (Å²) in [7, 11) is 0. The minimum Gasteiger partial charge on any atom is -0.444 e. The molecule has 0 heterocycles. The molecule has 0 aromatic heterocycles. The summed E-state index contributed by atoms with van der Waals surface area (Å²) in [6.07, 6.45) is -2.44. The molecule has 8 heteroatoms. The Bertz CT molecular complexity index is 611. The molecule has 1 rings (SSSR count). The van der Waals surface area contributed by atoms with E-state index in [0.29, 0.717) is 5.56 Å². The van der Waals surface area contributed by atoms with Gasteiger partial charge < -0.3 is 19.7 Å². The monoisotopic (exact) mass is 389 g/mol. The average Bonchev–Trinajstić information content (AvgIpc) is 2.46. The van der Waals surface area contributed by atoms with Crippen molar-refractivity contribution in [3.05, 3.63) is 35.4 Å². The standard InChI is InChI=1S/C19H29F2NO5/c1-18(2,3)27-17(25)22-19(4,5)26-16(15(24)11-23)7-6-12-8-13(20)10-14(21)9-12/h8-10,15-16,23-24H,6-7,11H2,1-5H3,(H,22,25)/t15?,16-/m0/s1. The van der Waals surface area contributed by atoms with Gasteiger partial charge in [0.05, 0.1) is 12.7 Å². The molecule has 0 aliphatic carbocycles. The predicted octanol–water partition coefficient (Wildman–Crippen LogP) is 2.90. The van der Waals surface area contributed by atoms with Gasteiger partial charge in [-0.2, -0.15) is 0 Å². The van der Waals surface area contributed by atoms with Crippen LogP contribution in [0, 0.1) is 11.6 Å². The highest BCUT2D eigenvalue weighted by atomic mass is 19.1. The molecule has 0 radical (unpaired) electrons. The van der Waals surface area contributed by atoms with Gasteiger partial charge in [0.15, 0.2) is 0 Å². The Labute approximate surface area is 158 Å². The molecule has 1 amide bonds. The number of rotatable bonds is 8. The van der Waals surface area contributed by atoms with Gasteiger partial charge in [-0.25, -0.2) is 13.6 Å². The minimum absolute atomic E-state index is 0.171. The molecule has 3 N–H and O–H groups in total. The van der Waals surface area contributed by atoms with Gasteiger partial charge >= 0.3 is 6.09 Å². The van der Waals surface area contributed by atoms with Crippen LogP contribution >= 0.6 is 0 Å². The number of aliphatic hydroxyl groups is 2. The molecule has 154 valence electrons. The van der Waals surface area contributed by atoms with Gasteiger partial charge in [0, 0.05) is 6.07 Å². The lowest BCUT2D eigenvalue weighted by Gasteiger charge is -2.34. The van der Waals surface area contributed by atoms with Gasteiger partial charge in [-0.05, 0) is 65.2 Å². The van der Waals surface area contributed by atoms with E-state index in [0.717, 1.165) is 6.07 Å². The maximum Gasteiger partial charge on any atom is 0.409 e. The third kappa shape index (κ3) is 9.12. The van der Waals surface area contributed by atoms with E-state index in [-0.39, 0.29) is 12.8 Å². The Morgan fingerprint density at radius 3 is 2.19 bits per heavy atom. The Balaban J connectivity index is 2.76. The molecule has 0 bridgehead atoms. The second-order valence-corrected chi connectivity index (χ2v) is 7.86. The van der Waals surface area contributed by atoms with Crippen LogP contribution in [-0.2, 0) is 15.9 Å². The molecule has 0 fully saturated rings. The lowest BCUT2D eigenvalue weighted by molar-refractivity contribution is -0.142. The fraction of sp³-hybridized carbons (Fsp3) is 0.632. The number of amides is 1. The highest BCUT2D eigenvalue weighted by Gasteiger charge is 2.31. The summed E-state index contributed by atoms with van der Waals surface area (Å²) in [5.74, 6) is -1.39. The van der Waals surface area contributed by atoms with Crippen molar-refractivity contribution in [1.82, 2.24) is 5.32 Å². The summed E-state index contributed by atoms with van der Waals surface area (Å²) in [6, 6.07) is 3.15. The molecule has 27 heavy (non-hydrogen) atoms. The maximum absolute atomic E-state index is 13.3. The van der Waals surface area contributed by atoms with E-state index >= 15 is 0 Å². The van der Waals surface area contributed by atoms with Crippen molar-refractivity contribution in [3.8, 4) is 0 Å². The summed E-state index contributed by atoms with van der Waals surface area (Å²) in [5, 5.41) is 21.8. The first-order chi connectivity index (χ1) is 12.3. The number of hydrogen-bond acceptors (Lipinski definition) is 5. The van der Waals surface area contributed by atoms with E-state index in [2.05, 4.69) is 5.32 Å². The lowest BCUT2D eigenvalue weighted by atomic mass is 10.0. The number of carbonyl (C=O) groups is 1. The number of nitrogens with one attached hydrogen (secondary N) is 1. The van der Waals surface area contributed by atoms with Crippen molar-refractivity contribution in [3.63, 3.8) is 0 Å². The molecule has 1 unspecified atom stereocenters. The molecule has 0 aliphatic rings. The largest absolute Gasteiger partial charge is 0.444 e. The summed E-state index contributed by atoms with van der Waals surface area (Å²) in [5.41, 5.74) is -1.51. The smallest absolute Gasteiger partial charge is 0.409 e. The predicted molar refractivity (Wildman–Crippen MR) is 96.1 cm³/mol. The molecule has 1 aromatic rings. The van der Waals surface area contributed by atoms with Crippen molar-refractivity contribution < 1.29 is 33.3 Å². The number of aliphatic hydroxyl groups excluding tert-OH is 2. The van der Waals surface area contributed by atoms with Crippen LogP contribution in [0.5, 0.6) is 0 Å². The van der Waals surface area contributed by atoms with E-state index in [1.165, 1.54) is 12.1 Å². The summed E-state index contributed by atoms with van der Waals surface area (Å²) in [6.45, 7) is 7.72. The first-order valence-electron chi connectivity index (χ1n) is 8.74. The minimum atomic E-state index is -1.23. The normalized spacial score (nSPS) is 14.6. The molecular formula is C19H29F2NO5. The second-order valence-electron chi connectivity index (χ2n) is 7.86. The van der Waals surface area contributed by atoms with E-state index in [4.69, 9.17) is 9.47 Å². The molecule has 2 atom stereocenters. The maximum atomic E-state index is 13.3. The quantitative estimate of drug-likeness (QED) is 0.595. The van der Waals surface area contributed by atoms with E-state index in [9.17, 15) is 23.8 Å². The molecule has 6 nitrogen and oxygen atoms in total. The molecular weight excluding hydrogens is 360 g/mol. The van der Waals surface area contributed by atoms with Crippen molar-refractivity contribution in [1.29, 1.82) is 0 Å². The van der Waals surface area contributed by atoms with Crippen molar-refractivity contribution in [2.45, 2.75) is 71.0 Å². The number of benzene rings is 1. The number of ether oxygens (including phenoxy) is 2. The second kappa shape index (κ2) is 9.43. The van der Waals surface area contributed by atoms with Crippen LogP contribution in [0.15, 0.2) is 18.2 Å². The topological polar surface area (TPSA) is 88.0 Å². The summed E-state index contributed by atoms with van der Waals surface area (Å²) in [4.78, 5) is 11.9. The Morgan fingerprint density at radius 1 is 1.15 bits per heavy atom. The van der Waals surface area contributed by atoms with Crippen molar-refractivity contribution in [2.24, 2.45) is 0 Å². The number of hydrogen-bond donors (Lipinski definition) is 3. The zero-order chi connectivity index (χ0) is 20.8. The number of aryl methyl sites for hydroxylation is 1. The fourth-order valence-electron chi connectivity index (χ4n) is 2.47. The van der Waals surface area contributed by atoms with Crippen LogP contribution in [0.25, 0.3) is 0 Å². The Hall–Kier alpha value is -1.77. The number of carbonyl (C=O) groups excluding carboxylic acids is 1. The summed E-state index contributed by atoms with van der Waals surface area (Å²) >= 11 is 0. The Kier molecular flexibility index (Phi) is 8.13. The SMILES string of the molecule is CC(C)(C)OC(=O)NC(C)(C)O[C@@H](CCc1cc(F)cc(F)c1)C(O)CO. The fourth-order valence-corrected chi connectivity index (χ4v) is 2.47. The van der Waals surface area contributed by atoms with Crippen LogP contribution < -0.4 is 5.32 Å². The van der Waals surface area contributed by atoms with Gasteiger partial charge in [-0.15, -0.1) is 0 Å². The van der Waals surface area contributed by atoms with Gasteiger partial charge in [0.1, 0.15) is 29.1 Å². The van der Waals surface area contributed by atoms with E-state index < -0.39 is 47.9 Å². The van der Waals surface area contributed by atoms with E-state index in [1.807, 2.05) is 0 Å². The molecule has 1 aromatic carbocycles. The number of alkyl carbamates (subject to hydrolysis) is 1. The molecule has 0 saturated carbocycles. The zero-order valence-electron chi connectivity index (χ0n) is 16.4. The Morgan fingerprint density at radius 2 is 1.70 bits per heavy atom. The van der Waals surface area contributed by atoms with Gasteiger partial charge in [0.2, 0.25) is 0 Å². The van der Waals surface area contributed by atoms with Crippen LogP contribution in [0.1, 0.15) is 46.6 Å². The van der Waals surface area contributed by atoms with Crippen LogP contribution in [-0.4, -0.2) is 46.4 Å². The van der Waals surface area contributed by atoms with Crippen LogP contribution in [0.3, 0.4) is 0 Å².